The van der Waals surface area contributed by atoms with Crippen LogP contribution in [0.1, 0.15) is 25.8 Å². The van der Waals surface area contributed by atoms with Gasteiger partial charge in [0.15, 0.2) is 0 Å². The zero-order valence-corrected chi connectivity index (χ0v) is 11.6. The predicted octanol–water partition coefficient (Wildman–Crippen LogP) is 3.54. The Balaban J connectivity index is 1.98. The van der Waals surface area contributed by atoms with Gasteiger partial charge in [0.25, 0.3) is 0 Å². The van der Waals surface area contributed by atoms with E-state index >= 15 is 0 Å². The normalized spacial score (nSPS) is 21.1. The number of benzene rings is 1. The molecule has 1 saturated heterocycles. The molecule has 1 aromatic carbocycles. The first-order valence-electron chi connectivity index (χ1n) is 6.33. The minimum Gasteiger partial charge on any atom is -0.381 e. The fraction of sp³-hybridized carbons (Fsp3) is 0.571. The second kappa shape index (κ2) is 5.28. The highest BCUT2D eigenvalue weighted by Crippen LogP contribution is 2.23. The van der Waals surface area contributed by atoms with Crippen LogP contribution in [0.4, 0.5) is 5.69 Å². The average Bonchev–Trinajstić information content (AvgIpc) is 2.71. The van der Waals surface area contributed by atoms with Gasteiger partial charge < -0.3 is 5.32 Å². The highest BCUT2D eigenvalue weighted by atomic mass is 35.5. The second-order valence-corrected chi connectivity index (χ2v) is 5.61. The molecule has 1 aliphatic rings. The van der Waals surface area contributed by atoms with Crippen molar-refractivity contribution in [2.24, 2.45) is 0 Å². The monoisotopic (exact) mass is 252 g/mol. The van der Waals surface area contributed by atoms with Crippen molar-refractivity contribution in [2.75, 3.05) is 18.4 Å². The standard InChI is InChI=1S/C14H21ClN2/c1-10(2)17-7-6-13(9-17)16-14-5-4-12(15)8-11(14)3/h4-5,8,10,13,16H,6-7,9H2,1-3H3. The van der Waals surface area contributed by atoms with E-state index in [2.05, 4.69) is 37.1 Å². The molecule has 2 nitrogen and oxygen atoms in total. The van der Waals surface area contributed by atoms with E-state index in [9.17, 15) is 0 Å². The molecule has 17 heavy (non-hydrogen) atoms. The zero-order chi connectivity index (χ0) is 12.4. The summed E-state index contributed by atoms with van der Waals surface area (Å²) >= 11 is 5.96. The minimum absolute atomic E-state index is 0.567. The van der Waals surface area contributed by atoms with Gasteiger partial charge >= 0.3 is 0 Å². The first-order valence-corrected chi connectivity index (χ1v) is 6.71. The van der Waals surface area contributed by atoms with Crippen LogP contribution in [0.2, 0.25) is 5.02 Å². The first-order chi connectivity index (χ1) is 8.06. The van der Waals surface area contributed by atoms with Gasteiger partial charge in [-0.05, 0) is 51.0 Å². The van der Waals surface area contributed by atoms with Gasteiger partial charge in [0.2, 0.25) is 0 Å². The first kappa shape index (κ1) is 12.7. The lowest BCUT2D eigenvalue weighted by atomic mass is 10.1. The fourth-order valence-corrected chi connectivity index (χ4v) is 2.61. The van der Waals surface area contributed by atoms with Gasteiger partial charge in [-0.2, -0.15) is 0 Å². The van der Waals surface area contributed by atoms with Crippen LogP contribution in [0.25, 0.3) is 0 Å². The second-order valence-electron chi connectivity index (χ2n) is 5.18. The third-order valence-corrected chi connectivity index (χ3v) is 3.73. The summed E-state index contributed by atoms with van der Waals surface area (Å²) in [6.45, 7) is 8.96. The van der Waals surface area contributed by atoms with Gasteiger partial charge in [-0.15, -0.1) is 0 Å². The van der Waals surface area contributed by atoms with Crippen LogP contribution < -0.4 is 5.32 Å². The topological polar surface area (TPSA) is 15.3 Å². The molecule has 1 aromatic rings. The Morgan fingerprint density at radius 1 is 1.41 bits per heavy atom. The van der Waals surface area contributed by atoms with E-state index in [1.807, 2.05) is 12.1 Å². The maximum Gasteiger partial charge on any atom is 0.0410 e. The van der Waals surface area contributed by atoms with Crippen molar-refractivity contribution in [2.45, 2.75) is 39.3 Å². The largest absolute Gasteiger partial charge is 0.381 e. The summed E-state index contributed by atoms with van der Waals surface area (Å²) < 4.78 is 0. The van der Waals surface area contributed by atoms with E-state index in [1.165, 1.54) is 24.2 Å². The maximum absolute atomic E-state index is 5.96. The number of hydrogen-bond acceptors (Lipinski definition) is 2. The van der Waals surface area contributed by atoms with Crippen LogP contribution in [-0.2, 0) is 0 Å². The summed E-state index contributed by atoms with van der Waals surface area (Å²) in [5.41, 5.74) is 2.44. The van der Waals surface area contributed by atoms with E-state index < -0.39 is 0 Å². The summed E-state index contributed by atoms with van der Waals surface area (Å²) in [5, 5.41) is 4.43. The van der Waals surface area contributed by atoms with Crippen LogP contribution in [0.3, 0.4) is 0 Å². The van der Waals surface area contributed by atoms with Crippen LogP contribution >= 0.6 is 11.6 Å². The number of halogens is 1. The number of hydrogen-bond donors (Lipinski definition) is 1. The number of aryl methyl sites for hydroxylation is 1. The summed E-state index contributed by atoms with van der Waals surface area (Å²) in [5.74, 6) is 0. The van der Waals surface area contributed by atoms with Gasteiger partial charge in [0.1, 0.15) is 0 Å². The Bertz CT molecular complexity index is 390. The summed E-state index contributed by atoms with van der Waals surface area (Å²) in [4.78, 5) is 2.52. The lowest BCUT2D eigenvalue weighted by Crippen LogP contribution is -2.31. The van der Waals surface area contributed by atoms with Gasteiger partial charge in [-0.25, -0.2) is 0 Å². The third kappa shape index (κ3) is 3.14. The molecule has 0 spiro atoms. The van der Waals surface area contributed by atoms with Crippen molar-refractivity contribution >= 4 is 17.3 Å². The van der Waals surface area contributed by atoms with Crippen molar-refractivity contribution < 1.29 is 0 Å². The van der Waals surface area contributed by atoms with Crippen molar-refractivity contribution in [3.63, 3.8) is 0 Å². The van der Waals surface area contributed by atoms with Crippen LogP contribution in [0, 0.1) is 6.92 Å². The van der Waals surface area contributed by atoms with Gasteiger partial charge in [-0.1, -0.05) is 11.6 Å². The molecule has 1 unspecified atom stereocenters. The van der Waals surface area contributed by atoms with E-state index in [0.29, 0.717) is 12.1 Å². The van der Waals surface area contributed by atoms with Crippen molar-refractivity contribution in [1.29, 1.82) is 0 Å². The molecule has 1 fully saturated rings. The van der Waals surface area contributed by atoms with Gasteiger partial charge in [0.05, 0.1) is 0 Å². The Morgan fingerprint density at radius 2 is 2.18 bits per heavy atom. The zero-order valence-electron chi connectivity index (χ0n) is 10.8. The highest BCUT2D eigenvalue weighted by Gasteiger charge is 2.24. The molecule has 0 radical (unpaired) electrons. The Labute approximate surface area is 109 Å². The molecule has 0 aromatic heterocycles. The Kier molecular flexibility index (Phi) is 3.95. The molecule has 94 valence electrons. The molecule has 0 amide bonds. The molecule has 3 heteroatoms. The summed E-state index contributed by atoms with van der Waals surface area (Å²) in [7, 11) is 0. The molecule has 1 N–H and O–H groups in total. The van der Waals surface area contributed by atoms with Crippen molar-refractivity contribution in [3.8, 4) is 0 Å². The molecule has 2 rings (SSSR count). The molecule has 0 bridgehead atoms. The van der Waals surface area contributed by atoms with E-state index in [0.717, 1.165) is 11.6 Å². The van der Waals surface area contributed by atoms with E-state index in [-0.39, 0.29) is 0 Å². The Hall–Kier alpha value is -0.730. The van der Waals surface area contributed by atoms with Crippen LogP contribution in [-0.4, -0.2) is 30.1 Å². The third-order valence-electron chi connectivity index (χ3n) is 3.50. The molecule has 0 aliphatic carbocycles. The fourth-order valence-electron chi connectivity index (χ4n) is 2.38. The SMILES string of the molecule is Cc1cc(Cl)ccc1NC1CCN(C(C)C)C1. The van der Waals surface area contributed by atoms with Crippen molar-refractivity contribution in [3.05, 3.63) is 28.8 Å². The molecule has 1 heterocycles. The quantitative estimate of drug-likeness (QED) is 0.885. The lowest BCUT2D eigenvalue weighted by Gasteiger charge is -2.21. The van der Waals surface area contributed by atoms with E-state index in [4.69, 9.17) is 11.6 Å². The summed E-state index contributed by atoms with van der Waals surface area (Å²) in [6, 6.07) is 7.26. The number of nitrogens with one attached hydrogen (secondary N) is 1. The molecule has 0 saturated carbocycles. The minimum atomic E-state index is 0.567. The summed E-state index contributed by atoms with van der Waals surface area (Å²) in [6.07, 6.45) is 1.22. The predicted molar refractivity (Wildman–Crippen MR) is 74.9 cm³/mol. The van der Waals surface area contributed by atoms with Crippen molar-refractivity contribution in [1.82, 2.24) is 4.90 Å². The average molecular weight is 253 g/mol. The molecule has 1 atom stereocenters. The molecular formula is C14H21ClN2. The Morgan fingerprint density at radius 3 is 2.76 bits per heavy atom. The van der Waals surface area contributed by atoms with Gasteiger partial charge in [0, 0.05) is 35.9 Å². The molecule has 1 aliphatic heterocycles. The lowest BCUT2D eigenvalue weighted by molar-refractivity contribution is 0.274. The number of rotatable bonds is 3. The number of likely N-dealkylation sites (tertiary alicyclic amines) is 1. The van der Waals surface area contributed by atoms with Crippen LogP contribution in [0.5, 0.6) is 0 Å². The maximum atomic E-state index is 5.96. The van der Waals surface area contributed by atoms with Crippen LogP contribution in [0.15, 0.2) is 18.2 Å². The smallest absolute Gasteiger partial charge is 0.0410 e. The molecular weight excluding hydrogens is 232 g/mol. The van der Waals surface area contributed by atoms with E-state index in [1.54, 1.807) is 0 Å². The number of nitrogens with zero attached hydrogens (tertiary/aromatic N) is 1. The highest BCUT2D eigenvalue weighted by molar-refractivity contribution is 6.30. The van der Waals surface area contributed by atoms with Gasteiger partial charge in [-0.3, -0.25) is 4.90 Å². The number of anilines is 1.